The third-order valence-electron chi connectivity index (χ3n) is 4.06. The maximum absolute atomic E-state index is 6.04. The SMILES string of the molecule is C=C.CCCCCCCCCC(Oc1ccccc1)Oc1ccccc1. The molecule has 0 amide bonds. The molecule has 0 unspecified atom stereocenters. The van der Waals surface area contributed by atoms with E-state index in [1.165, 1.54) is 38.5 Å². The van der Waals surface area contributed by atoms with Crippen LogP contribution in [0.25, 0.3) is 0 Å². The number of ether oxygens (including phenoxy) is 2. The molecule has 0 heterocycles. The van der Waals surface area contributed by atoms with E-state index in [4.69, 9.17) is 9.47 Å². The Hall–Kier alpha value is -2.22. The van der Waals surface area contributed by atoms with Gasteiger partial charge in [-0.2, -0.15) is 0 Å². The highest BCUT2D eigenvalue weighted by molar-refractivity contribution is 5.23. The van der Waals surface area contributed by atoms with Crippen LogP contribution in [0.1, 0.15) is 58.3 Å². The number of rotatable bonds is 12. The Morgan fingerprint density at radius 3 is 1.54 bits per heavy atom. The molecule has 0 aliphatic rings. The summed E-state index contributed by atoms with van der Waals surface area (Å²) in [6.45, 7) is 8.26. The third kappa shape index (κ3) is 9.93. The zero-order valence-electron chi connectivity index (χ0n) is 16.2. The predicted octanol–water partition coefficient (Wildman–Crippen LogP) is 7.41. The lowest BCUT2D eigenvalue weighted by Crippen LogP contribution is -2.23. The van der Waals surface area contributed by atoms with Crippen LogP contribution < -0.4 is 9.47 Å². The Morgan fingerprint density at radius 1 is 0.654 bits per heavy atom. The van der Waals surface area contributed by atoms with Crippen molar-refractivity contribution in [3.05, 3.63) is 73.8 Å². The molecule has 2 heteroatoms. The van der Waals surface area contributed by atoms with Gasteiger partial charge in [-0.25, -0.2) is 0 Å². The van der Waals surface area contributed by atoms with E-state index in [9.17, 15) is 0 Å². The summed E-state index contributed by atoms with van der Waals surface area (Å²) in [7, 11) is 0. The van der Waals surface area contributed by atoms with Crippen molar-refractivity contribution in [3.8, 4) is 11.5 Å². The Morgan fingerprint density at radius 2 is 1.08 bits per heavy atom. The predicted molar refractivity (Wildman–Crippen MR) is 112 cm³/mol. The summed E-state index contributed by atoms with van der Waals surface area (Å²) < 4.78 is 12.1. The molecule has 0 saturated heterocycles. The zero-order valence-corrected chi connectivity index (χ0v) is 16.2. The smallest absolute Gasteiger partial charge is 0.241 e. The van der Waals surface area contributed by atoms with Crippen molar-refractivity contribution >= 4 is 0 Å². The highest BCUT2D eigenvalue weighted by Gasteiger charge is 2.12. The molecule has 0 aliphatic heterocycles. The fraction of sp³-hybridized carbons (Fsp3) is 0.417. The van der Waals surface area contributed by atoms with Crippen molar-refractivity contribution in [1.82, 2.24) is 0 Å². The summed E-state index contributed by atoms with van der Waals surface area (Å²) in [5, 5.41) is 0. The van der Waals surface area contributed by atoms with Crippen molar-refractivity contribution in [1.29, 1.82) is 0 Å². The van der Waals surface area contributed by atoms with Crippen LogP contribution in [-0.2, 0) is 0 Å². The van der Waals surface area contributed by atoms with Gasteiger partial charge in [0.1, 0.15) is 11.5 Å². The van der Waals surface area contributed by atoms with E-state index in [2.05, 4.69) is 20.1 Å². The molecule has 2 aromatic carbocycles. The van der Waals surface area contributed by atoms with Crippen LogP contribution in [0.15, 0.2) is 73.8 Å². The first kappa shape index (κ1) is 21.8. The number of benzene rings is 2. The van der Waals surface area contributed by atoms with E-state index >= 15 is 0 Å². The first-order valence-corrected chi connectivity index (χ1v) is 9.82. The summed E-state index contributed by atoms with van der Waals surface area (Å²) in [5.41, 5.74) is 0. The Bertz CT molecular complexity index is 497. The van der Waals surface area contributed by atoms with Gasteiger partial charge in [0.25, 0.3) is 0 Å². The topological polar surface area (TPSA) is 18.5 Å². The Labute approximate surface area is 159 Å². The highest BCUT2D eigenvalue weighted by atomic mass is 16.7. The van der Waals surface area contributed by atoms with E-state index < -0.39 is 0 Å². The van der Waals surface area contributed by atoms with Gasteiger partial charge in [-0.3, -0.25) is 0 Å². The van der Waals surface area contributed by atoms with Crippen molar-refractivity contribution in [2.75, 3.05) is 0 Å². The Kier molecular flexibility index (Phi) is 12.6. The molecule has 2 nitrogen and oxygen atoms in total. The van der Waals surface area contributed by atoms with Gasteiger partial charge >= 0.3 is 0 Å². The van der Waals surface area contributed by atoms with Crippen LogP contribution in [0.3, 0.4) is 0 Å². The lowest BCUT2D eigenvalue weighted by molar-refractivity contribution is -0.00245. The summed E-state index contributed by atoms with van der Waals surface area (Å²) in [6.07, 6.45) is 9.74. The van der Waals surface area contributed by atoms with Crippen LogP contribution >= 0.6 is 0 Å². The molecule has 0 aliphatic carbocycles. The summed E-state index contributed by atoms with van der Waals surface area (Å²) in [4.78, 5) is 0. The number of hydrogen-bond donors (Lipinski definition) is 0. The molecule has 0 N–H and O–H groups in total. The first-order chi connectivity index (χ1) is 12.9. The standard InChI is InChI=1S/C22H30O2.C2H4/c1-2-3-4-5-6-7-14-19-22(23-20-15-10-8-11-16-20)24-21-17-12-9-13-18-21;1-2/h8-13,15-18,22H,2-7,14,19H2,1H3;1-2H2. The van der Waals surface area contributed by atoms with Crippen molar-refractivity contribution in [2.45, 2.75) is 64.6 Å². The van der Waals surface area contributed by atoms with Crippen LogP contribution in [-0.4, -0.2) is 6.29 Å². The fourth-order valence-electron chi connectivity index (χ4n) is 2.71. The van der Waals surface area contributed by atoms with Gasteiger partial charge in [0.2, 0.25) is 6.29 Å². The molecule has 0 fully saturated rings. The quantitative estimate of drug-likeness (QED) is 0.224. The maximum atomic E-state index is 6.04. The molecule has 0 saturated carbocycles. The lowest BCUT2D eigenvalue weighted by Gasteiger charge is -2.20. The minimum atomic E-state index is -0.231. The maximum Gasteiger partial charge on any atom is 0.241 e. The normalized spacial score (nSPS) is 10.1. The molecule has 0 aromatic heterocycles. The van der Waals surface area contributed by atoms with Gasteiger partial charge < -0.3 is 9.47 Å². The van der Waals surface area contributed by atoms with E-state index in [0.29, 0.717) is 0 Å². The Balaban J connectivity index is 0.00000163. The zero-order chi connectivity index (χ0) is 18.9. The van der Waals surface area contributed by atoms with Gasteiger partial charge in [-0.1, -0.05) is 81.8 Å². The average molecular weight is 355 g/mol. The molecular formula is C24H34O2. The van der Waals surface area contributed by atoms with Crippen molar-refractivity contribution in [3.63, 3.8) is 0 Å². The van der Waals surface area contributed by atoms with E-state index in [1.54, 1.807) is 0 Å². The first-order valence-electron chi connectivity index (χ1n) is 9.82. The fourth-order valence-corrected chi connectivity index (χ4v) is 2.71. The van der Waals surface area contributed by atoms with Crippen LogP contribution in [0.4, 0.5) is 0 Å². The molecule has 0 radical (unpaired) electrons. The van der Waals surface area contributed by atoms with Crippen LogP contribution in [0.5, 0.6) is 11.5 Å². The van der Waals surface area contributed by atoms with Gasteiger partial charge in [0.05, 0.1) is 0 Å². The average Bonchev–Trinajstić information content (AvgIpc) is 2.70. The van der Waals surface area contributed by atoms with Crippen molar-refractivity contribution < 1.29 is 9.47 Å². The van der Waals surface area contributed by atoms with E-state index in [0.717, 1.165) is 24.3 Å². The van der Waals surface area contributed by atoms with Gasteiger partial charge in [-0.05, 0) is 30.7 Å². The molecule has 2 rings (SSSR count). The molecule has 0 atom stereocenters. The lowest BCUT2D eigenvalue weighted by atomic mass is 10.1. The molecule has 142 valence electrons. The summed E-state index contributed by atoms with van der Waals surface area (Å²) in [5.74, 6) is 1.72. The monoisotopic (exact) mass is 354 g/mol. The van der Waals surface area contributed by atoms with E-state index in [1.807, 2.05) is 60.7 Å². The number of unbranched alkanes of at least 4 members (excludes halogenated alkanes) is 6. The molecule has 0 bridgehead atoms. The van der Waals surface area contributed by atoms with E-state index in [-0.39, 0.29) is 6.29 Å². The molecule has 0 spiro atoms. The van der Waals surface area contributed by atoms with Crippen LogP contribution in [0.2, 0.25) is 0 Å². The highest BCUT2D eigenvalue weighted by Crippen LogP contribution is 2.19. The summed E-state index contributed by atoms with van der Waals surface area (Å²) >= 11 is 0. The third-order valence-corrected chi connectivity index (χ3v) is 4.06. The molecular weight excluding hydrogens is 320 g/mol. The van der Waals surface area contributed by atoms with Crippen molar-refractivity contribution in [2.24, 2.45) is 0 Å². The minimum Gasteiger partial charge on any atom is -0.455 e. The second-order valence-electron chi connectivity index (χ2n) is 6.20. The van der Waals surface area contributed by atoms with Gasteiger partial charge in [-0.15, -0.1) is 13.2 Å². The second-order valence-corrected chi connectivity index (χ2v) is 6.20. The number of para-hydroxylation sites is 2. The second kappa shape index (κ2) is 15.1. The summed E-state index contributed by atoms with van der Waals surface area (Å²) in [6, 6.07) is 19.9. The number of hydrogen-bond acceptors (Lipinski definition) is 2. The minimum absolute atomic E-state index is 0.231. The van der Waals surface area contributed by atoms with Gasteiger partial charge in [0.15, 0.2) is 0 Å². The molecule has 26 heavy (non-hydrogen) atoms. The molecule has 2 aromatic rings. The van der Waals surface area contributed by atoms with Gasteiger partial charge in [0, 0.05) is 6.42 Å². The van der Waals surface area contributed by atoms with Crippen LogP contribution in [0, 0.1) is 0 Å². The largest absolute Gasteiger partial charge is 0.455 e.